The lowest BCUT2D eigenvalue weighted by Gasteiger charge is -2.58. The van der Waals surface area contributed by atoms with E-state index in [2.05, 4.69) is 11.4 Å². The van der Waals surface area contributed by atoms with Crippen LogP contribution in [0.2, 0.25) is 0 Å². The van der Waals surface area contributed by atoms with Gasteiger partial charge in [0.15, 0.2) is 0 Å². The Morgan fingerprint density at radius 2 is 1.53 bits per heavy atom. The second kappa shape index (κ2) is 3.48. The van der Waals surface area contributed by atoms with E-state index in [1.165, 1.54) is 51.4 Å². The third kappa shape index (κ3) is 1.63. The molecule has 4 bridgehead atoms. The van der Waals surface area contributed by atoms with Gasteiger partial charge in [-0.25, -0.2) is 0 Å². The molecule has 1 atom stereocenters. The van der Waals surface area contributed by atoms with Gasteiger partial charge in [0.2, 0.25) is 0 Å². The average Bonchev–Trinajstić information content (AvgIpc) is 3.07. The molecule has 0 amide bonds. The first-order chi connectivity index (χ1) is 8.27. The van der Waals surface area contributed by atoms with E-state index in [9.17, 15) is 5.26 Å². The molecule has 92 valence electrons. The summed E-state index contributed by atoms with van der Waals surface area (Å²) in [7, 11) is 0. The molecule has 0 radical (unpaired) electrons. The van der Waals surface area contributed by atoms with Gasteiger partial charge in [0.05, 0.1) is 6.07 Å². The molecule has 5 aliphatic rings. The first kappa shape index (κ1) is 10.4. The zero-order valence-electron chi connectivity index (χ0n) is 10.5. The van der Waals surface area contributed by atoms with Crippen LogP contribution in [0, 0.1) is 34.5 Å². The predicted molar refractivity (Wildman–Crippen MR) is 66.2 cm³/mol. The van der Waals surface area contributed by atoms with Crippen molar-refractivity contribution in [3.05, 3.63) is 0 Å². The molecule has 5 saturated carbocycles. The van der Waals surface area contributed by atoms with Crippen molar-refractivity contribution in [2.45, 2.75) is 63.5 Å². The molecule has 0 aliphatic heterocycles. The molecule has 1 N–H and O–H groups in total. The largest absolute Gasteiger partial charge is 0.299 e. The minimum atomic E-state index is 0.156. The molecule has 0 aromatic rings. The zero-order valence-corrected chi connectivity index (χ0v) is 10.5. The summed E-state index contributed by atoms with van der Waals surface area (Å²) in [5, 5.41) is 13.2. The minimum absolute atomic E-state index is 0.156. The molecular weight excluding hydrogens is 208 g/mol. The normalized spacial score (nSPS) is 49.0. The summed E-state index contributed by atoms with van der Waals surface area (Å²) in [6.07, 6.45) is 11.0. The Hall–Kier alpha value is -0.550. The topological polar surface area (TPSA) is 35.8 Å². The van der Waals surface area contributed by atoms with Crippen molar-refractivity contribution in [2.75, 3.05) is 0 Å². The lowest BCUT2D eigenvalue weighted by atomic mass is 9.48. The highest BCUT2D eigenvalue weighted by molar-refractivity contribution is 5.13. The Kier molecular flexibility index (Phi) is 2.12. The molecule has 17 heavy (non-hydrogen) atoms. The minimum Gasteiger partial charge on any atom is -0.299 e. The van der Waals surface area contributed by atoms with Crippen molar-refractivity contribution in [2.24, 2.45) is 23.2 Å². The van der Waals surface area contributed by atoms with Gasteiger partial charge in [-0.1, -0.05) is 0 Å². The molecule has 0 heterocycles. The van der Waals surface area contributed by atoms with E-state index in [0.717, 1.165) is 17.8 Å². The van der Waals surface area contributed by atoms with Crippen LogP contribution in [0.4, 0.5) is 0 Å². The van der Waals surface area contributed by atoms with Crippen LogP contribution in [0.1, 0.15) is 51.4 Å². The average molecular weight is 230 g/mol. The molecule has 0 spiro atoms. The fourth-order valence-corrected chi connectivity index (χ4v) is 5.37. The number of nitrogens with zero attached hydrogens (tertiary/aromatic N) is 1. The molecule has 2 nitrogen and oxygen atoms in total. The van der Waals surface area contributed by atoms with Crippen LogP contribution in [0.15, 0.2) is 0 Å². The van der Waals surface area contributed by atoms with E-state index < -0.39 is 0 Å². The Bertz CT molecular complexity index is 328. The van der Waals surface area contributed by atoms with Gasteiger partial charge in [-0.3, -0.25) is 5.32 Å². The Morgan fingerprint density at radius 3 is 1.94 bits per heavy atom. The third-order valence-corrected chi connectivity index (χ3v) is 5.81. The first-order valence-corrected chi connectivity index (χ1v) is 7.43. The lowest BCUT2D eigenvalue weighted by Crippen LogP contribution is -2.55. The van der Waals surface area contributed by atoms with Crippen molar-refractivity contribution in [1.82, 2.24) is 5.32 Å². The molecule has 0 aromatic heterocycles. The van der Waals surface area contributed by atoms with E-state index in [1.54, 1.807) is 0 Å². The molecule has 2 heteroatoms. The summed E-state index contributed by atoms with van der Waals surface area (Å²) in [5.74, 6) is 2.87. The van der Waals surface area contributed by atoms with Gasteiger partial charge in [0.25, 0.3) is 0 Å². The number of hydrogen-bond donors (Lipinski definition) is 1. The molecule has 0 aromatic carbocycles. The Morgan fingerprint density at radius 1 is 1.00 bits per heavy atom. The van der Waals surface area contributed by atoms with Crippen LogP contribution in [-0.2, 0) is 0 Å². The SMILES string of the molecule is N#CC(NC1CC1)C12CC3CC(CC(C3)C1)C2. The van der Waals surface area contributed by atoms with Gasteiger partial charge in [0, 0.05) is 6.04 Å². The third-order valence-electron chi connectivity index (χ3n) is 5.81. The van der Waals surface area contributed by atoms with Crippen molar-refractivity contribution in [3.63, 3.8) is 0 Å². The van der Waals surface area contributed by atoms with Gasteiger partial charge < -0.3 is 0 Å². The van der Waals surface area contributed by atoms with Gasteiger partial charge >= 0.3 is 0 Å². The van der Waals surface area contributed by atoms with E-state index in [1.807, 2.05) is 0 Å². The maximum absolute atomic E-state index is 9.55. The van der Waals surface area contributed by atoms with Crippen molar-refractivity contribution in [1.29, 1.82) is 5.26 Å². The van der Waals surface area contributed by atoms with Crippen LogP contribution >= 0.6 is 0 Å². The van der Waals surface area contributed by atoms with E-state index >= 15 is 0 Å². The van der Waals surface area contributed by atoms with Crippen LogP contribution < -0.4 is 5.32 Å². The van der Waals surface area contributed by atoms with Gasteiger partial charge in [0.1, 0.15) is 6.04 Å². The maximum Gasteiger partial charge on any atom is 0.101 e. The van der Waals surface area contributed by atoms with Crippen molar-refractivity contribution >= 4 is 0 Å². The maximum atomic E-state index is 9.55. The predicted octanol–water partition coefficient (Wildman–Crippen LogP) is 2.85. The van der Waals surface area contributed by atoms with Crippen molar-refractivity contribution in [3.8, 4) is 6.07 Å². The number of nitriles is 1. The Labute approximate surface area is 104 Å². The standard InChI is InChI=1S/C15H22N2/c16-9-14(17-13-1-2-13)15-6-10-3-11(7-15)5-12(4-10)8-15/h10-14,17H,1-8H2. The quantitative estimate of drug-likeness (QED) is 0.809. The Balaban J connectivity index is 1.60. The summed E-state index contributed by atoms with van der Waals surface area (Å²) < 4.78 is 0. The molecule has 5 fully saturated rings. The fourth-order valence-electron chi connectivity index (χ4n) is 5.37. The molecular formula is C15H22N2. The van der Waals surface area contributed by atoms with Crippen LogP contribution in [0.25, 0.3) is 0 Å². The smallest absolute Gasteiger partial charge is 0.101 e. The molecule has 5 aliphatic carbocycles. The number of nitrogens with one attached hydrogen (secondary N) is 1. The monoisotopic (exact) mass is 230 g/mol. The van der Waals surface area contributed by atoms with Gasteiger partial charge in [-0.05, 0) is 74.5 Å². The first-order valence-electron chi connectivity index (χ1n) is 7.43. The fraction of sp³-hybridized carbons (Fsp3) is 0.933. The van der Waals surface area contributed by atoms with Crippen LogP contribution in [-0.4, -0.2) is 12.1 Å². The number of hydrogen-bond acceptors (Lipinski definition) is 2. The molecule has 5 rings (SSSR count). The summed E-state index contributed by atoms with van der Waals surface area (Å²) in [5.41, 5.74) is 0.367. The second-order valence-electron chi connectivity index (χ2n) is 7.28. The van der Waals surface area contributed by atoms with Crippen LogP contribution in [0.3, 0.4) is 0 Å². The summed E-state index contributed by atoms with van der Waals surface area (Å²) in [6.45, 7) is 0. The summed E-state index contributed by atoms with van der Waals surface area (Å²) in [4.78, 5) is 0. The van der Waals surface area contributed by atoms with Gasteiger partial charge in [-0.15, -0.1) is 0 Å². The van der Waals surface area contributed by atoms with E-state index in [-0.39, 0.29) is 6.04 Å². The van der Waals surface area contributed by atoms with E-state index in [4.69, 9.17) is 0 Å². The van der Waals surface area contributed by atoms with Crippen molar-refractivity contribution < 1.29 is 0 Å². The number of rotatable bonds is 3. The molecule has 1 unspecified atom stereocenters. The highest BCUT2D eigenvalue weighted by atomic mass is 15.0. The highest BCUT2D eigenvalue weighted by Gasteiger charge is 2.54. The van der Waals surface area contributed by atoms with E-state index in [0.29, 0.717) is 11.5 Å². The highest BCUT2D eigenvalue weighted by Crippen LogP contribution is 2.61. The van der Waals surface area contributed by atoms with Crippen LogP contribution in [0.5, 0.6) is 0 Å². The van der Waals surface area contributed by atoms with Gasteiger partial charge in [-0.2, -0.15) is 5.26 Å². The summed E-state index contributed by atoms with van der Waals surface area (Å²) >= 11 is 0. The molecule has 0 saturated heterocycles. The lowest BCUT2D eigenvalue weighted by molar-refractivity contribution is -0.0639. The summed E-state index contributed by atoms with van der Waals surface area (Å²) in [6, 6.07) is 3.45. The zero-order chi connectivity index (χ0) is 11.5. The second-order valence-corrected chi connectivity index (χ2v) is 7.28.